The van der Waals surface area contributed by atoms with E-state index in [4.69, 9.17) is 4.74 Å². The van der Waals surface area contributed by atoms with Crippen molar-refractivity contribution in [2.24, 2.45) is 5.41 Å². The Kier molecular flexibility index (Phi) is 5.46. The van der Waals surface area contributed by atoms with Gasteiger partial charge in [0.15, 0.2) is 0 Å². The summed E-state index contributed by atoms with van der Waals surface area (Å²) in [5.74, 6) is -0.459. The van der Waals surface area contributed by atoms with Crippen molar-refractivity contribution in [2.45, 2.75) is 25.2 Å². The Bertz CT molecular complexity index is 497. The van der Waals surface area contributed by atoms with Gasteiger partial charge in [0, 0.05) is 20.3 Å². The first-order valence-corrected chi connectivity index (χ1v) is 7.49. The maximum absolute atomic E-state index is 12.8. The fourth-order valence-electron chi connectivity index (χ4n) is 1.45. The molecule has 0 atom stereocenters. The van der Waals surface area contributed by atoms with Crippen LogP contribution in [-0.2, 0) is 14.8 Å². The number of sulfonamides is 1. The van der Waals surface area contributed by atoms with Crippen molar-refractivity contribution in [3.8, 4) is 0 Å². The number of benzene rings is 1. The lowest BCUT2D eigenvalue weighted by atomic mass is 9.90. The third-order valence-corrected chi connectivity index (χ3v) is 4.26. The molecule has 0 aliphatic carbocycles. The Labute approximate surface area is 114 Å². The van der Waals surface area contributed by atoms with Gasteiger partial charge in [-0.3, -0.25) is 0 Å². The molecule has 1 rings (SSSR count). The minimum atomic E-state index is -3.59. The van der Waals surface area contributed by atoms with Crippen molar-refractivity contribution in [2.75, 3.05) is 20.3 Å². The standard InChI is InChI=1S/C13H20FNO3S/c1-13(2,8-9-18-3)10-15-19(16,17)12-6-4-11(14)5-7-12/h4-7,15H,8-10H2,1-3H3. The Morgan fingerprint density at radius 1 is 1.26 bits per heavy atom. The normalized spacial score (nSPS) is 12.6. The van der Waals surface area contributed by atoms with Gasteiger partial charge >= 0.3 is 0 Å². The first-order chi connectivity index (χ1) is 8.77. The molecule has 4 nitrogen and oxygen atoms in total. The first kappa shape index (κ1) is 16.1. The molecule has 0 aliphatic rings. The molecule has 0 fully saturated rings. The predicted octanol–water partition coefficient (Wildman–Crippen LogP) is 2.17. The van der Waals surface area contributed by atoms with E-state index < -0.39 is 15.8 Å². The van der Waals surface area contributed by atoms with E-state index in [-0.39, 0.29) is 10.3 Å². The fourth-order valence-corrected chi connectivity index (χ4v) is 2.70. The van der Waals surface area contributed by atoms with Crippen molar-refractivity contribution in [1.82, 2.24) is 4.72 Å². The molecule has 6 heteroatoms. The van der Waals surface area contributed by atoms with Gasteiger partial charge in [0.1, 0.15) is 5.82 Å². The second-order valence-corrected chi connectivity index (χ2v) is 6.95. The smallest absolute Gasteiger partial charge is 0.240 e. The summed E-state index contributed by atoms with van der Waals surface area (Å²) in [5.41, 5.74) is -0.205. The van der Waals surface area contributed by atoms with Crippen LogP contribution in [0.1, 0.15) is 20.3 Å². The topological polar surface area (TPSA) is 55.4 Å². The van der Waals surface area contributed by atoms with Crippen molar-refractivity contribution >= 4 is 10.0 Å². The molecule has 1 aromatic carbocycles. The number of halogens is 1. The Hall–Kier alpha value is -0.980. The molecule has 0 amide bonds. The van der Waals surface area contributed by atoms with Gasteiger partial charge in [-0.05, 0) is 36.1 Å². The summed E-state index contributed by atoms with van der Waals surface area (Å²) in [6.07, 6.45) is 0.745. The number of hydrogen-bond donors (Lipinski definition) is 1. The van der Waals surface area contributed by atoms with Crippen LogP contribution < -0.4 is 4.72 Å². The lowest BCUT2D eigenvalue weighted by molar-refractivity contribution is 0.153. The third kappa shape index (κ3) is 5.26. The molecule has 0 unspecified atom stereocenters. The van der Waals surface area contributed by atoms with Gasteiger partial charge in [0.05, 0.1) is 4.90 Å². The Morgan fingerprint density at radius 3 is 2.37 bits per heavy atom. The molecular formula is C13H20FNO3S. The van der Waals surface area contributed by atoms with Gasteiger partial charge in [-0.25, -0.2) is 17.5 Å². The van der Waals surface area contributed by atoms with Gasteiger partial charge in [-0.15, -0.1) is 0 Å². The Morgan fingerprint density at radius 2 is 1.84 bits per heavy atom. The second kappa shape index (κ2) is 6.45. The Balaban J connectivity index is 2.68. The zero-order chi connectivity index (χ0) is 14.5. The van der Waals surface area contributed by atoms with Crippen molar-refractivity contribution in [1.29, 1.82) is 0 Å². The summed E-state index contributed by atoms with van der Waals surface area (Å²) >= 11 is 0. The molecule has 0 heterocycles. The van der Waals surface area contributed by atoms with E-state index in [1.807, 2.05) is 13.8 Å². The summed E-state index contributed by atoms with van der Waals surface area (Å²) < 4.78 is 44.3. The lowest BCUT2D eigenvalue weighted by Crippen LogP contribution is -2.34. The number of methoxy groups -OCH3 is 1. The van der Waals surface area contributed by atoms with E-state index in [1.165, 1.54) is 12.1 Å². The van der Waals surface area contributed by atoms with E-state index in [1.54, 1.807) is 7.11 Å². The zero-order valence-corrected chi connectivity index (χ0v) is 12.3. The van der Waals surface area contributed by atoms with Gasteiger partial charge < -0.3 is 4.74 Å². The predicted molar refractivity (Wildman–Crippen MR) is 71.9 cm³/mol. The zero-order valence-electron chi connectivity index (χ0n) is 11.4. The number of hydrogen-bond acceptors (Lipinski definition) is 3. The molecule has 1 N–H and O–H groups in total. The molecule has 108 valence electrons. The molecule has 0 aromatic heterocycles. The van der Waals surface area contributed by atoms with Crippen LogP contribution >= 0.6 is 0 Å². The first-order valence-electron chi connectivity index (χ1n) is 6.01. The molecule has 0 radical (unpaired) electrons. The number of nitrogens with one attached hydrogen (secondary N) is 1. The van der Waals surface area contributed by atoms with E-state index in [2.05, 4.69) is 4.72 Å². The molecule has 0 saturated carbocycles. The van der Waals surface area contributed by atoms with Gasteiger partial charge in [0.25, 0.3) is 0 Å². The fraction of sp³-hybridized carbons (Fsp3) is 0.538. The highest BCUT2D eigenvalue weighted by molar-refractivity contribution is 7.89. The quantitative estimate of drug-likeness (QED) is 0.837. The summed E-state index contributed by atoms with van der Waals surface area (Å²) in [6, 6.07) is 4.76. The average molecular weight is 289 g/mol. The summed E-state index contributed by atoms with van der Waals surface area (Å²) in [7, 11) is -1.98. The summed E-state index contributed by atoms with van der Waals surface area (Å²) in [6.45, 7) is 4.79. The summed E-state index contributed by atoms with van der Waals surface area (Å²) in [5, 5.41) is 0. The molecule has 1 aromatic rings. The van der Waals surface area contributed by atoms with Crippen LogP contribution in [0.25, 0.3) is 0 Å². The number of rotatable bonds is 7. The highest BCUT2D eigenvalue weighted by atomic mass is 32.2. The highest BCUT2D eigenvalue weighted by Crippen LogP contribution is 2.20. The van der Waals surface area contributed by atoms with Crippen LogP contribution in [-0.4, -0.2) is 28.7 Å². The van der Waals surface area contributed by atoms with Crippen LogP contribution in [0.4, 0.5) is 4.39 Å². The molecule has 0 bridgehead atoms. The van der Waals surface area contributed by atoms with Gasteiger partial charge in [-0.2, -0.15) is 0 Å². The van der Waals surface area contributed by atoms with Crippen LogP contribution in [0.15, 0.2) is 29.2 Å². The van der Waals surface area contributed by atoms with Crippen molar-refractivity contribution in [3.63, 3.8) is 0 Å². The molecule has 19 heavy (non-hydrogen) atoms. The van der Waals surface area contributed by atoms with Gasteiger partial charge in [0.2, 0.25) is 10.0 Å². The third-order valence-electron chi connectivity index (χ3n) is 2.85. The summed E-state index contributed by atoms with van der Waals surface area (Å²) in [4.78, 5) is 0.0661. The van der Waals surface area contributed by atoms with Gasteiger partial charge in [-0.1, -0.05) is 13.8 Å². The van der Waals surface area contributed by atoms with E-state index >= 15 is 0 Å². The minimum Gasteiger partial charge on any atom is -0.385 e. The second-order valence-electron chi connectivity index (χ2n) is 5.19. The molecule has 0 spiro atoms. The van der Waals surface area contributed by atoms with E-state index in [0.717, 1.165) is 18.6 Å². The van der Waals surface area contributed by atoms with E-state index in [9.17, 15) is 12.8 Å². The maximum Gasteiger partial charge on any atom is 0.240 e. The largest absolute Gasteiger partial charge is 0.385 e. The highest BCUT2D eigenvalue weighted by Gasteiger charge is 2.22. The van der Waals surface area contributed by atoms with Crippen molar-refractivity contribution < 1.29 is 17.5 Å². The minimum absolute atomic E-state index is 0.0661. The number of ether oxygens (including phenoxy) is 1. The monoisotopic (exact) mass is 289 g/mol. The molecular weight excluding hydrogens is 269 g/mol. The maximum atomic E-state index is 12.8. The SMILES string of the molecule is COCCC(C)(C)CNS(=O)(=O)c1ccc(F)cc1. The lowest BCUT2D eigenvalue weighted by Gasteiger charge is -2.24. The van der Waals surface area contributed by atoms with Crippen LogP contribution in [0.2, 0.25) is 0 Å². The van der Waals surface area contributed by atoms with Crippen LogP contribution in [0.3, 0.4) is 0 Å². The van der Waals surface area contributed by atoms with Crippen molar-refractivity contribution in [3.05, 3.63) is 30.1 Å². The molecule has 0 aliphatic heterocycles. The molecule has 0 saturated heterocycles. The van der Waals surface area contributed by atoms with Crippen LogP contribution in [0.5, 0.6) is 0 Å². The van der Waals surface area contributed by atoms with E-state index in [0.29, 0.717) is 13.2 Å². The van der Waals surface area contributed by atoms with Crippen LogP contribution in [0, 0.1) is 11.2 Å². The average Bonchev–Trinajstić information content (AvgIpc) is 2.35.